The van der Waals surface area contributed by atoms with Gasteiger partial charge in [0, 0.05) is 23.8 Å². The van der Waals surface area contributed by atoms with E-state index >= 15 is 0 Å². The SMILES string of the molecule is CC(C)(C)Nc1c(-c2ccc(OCCCN3C(=O)c4ccccc4C3=O)cc2)nc2ccc(Cl)cn12. The third-order valence-corrected chi connectivity index (χ3v) is 6.10. The van der Waals surface area contributed by atoms with Crippen LogP contribution in [0.15, 0.2) is 66.9 Å². The Kier molecular flexibility index (Phi) is 6.18. The molecule has 8 heteroatoms. The molecular formula is C28H27ClN4O3. The van der Waals surface area contributed by atoms with Crippen LogP contribution >= 0.6 is 11.6 Å². The zero-order chi connectivity index (χ0) is 25.4. The molecule has 0 aliphatic carbocycles. The van der Waals surface area contributed by atoms with E-state index in [2.05, 4.69) is 26.1 Å². The van der Waals surface area contributed by atoms with Gasteiger partial charge in [0.15, 0.2) is 0 Å². The monoisotopic (exact) mass is 502 g/mol. The summed E-state index contributed by atoms with van der Waals surface area (Å²) < 4.78 is 7.85. The summed E-state index contributed by atoms with van der Waals surface area (Å²) >= 11 is 6.25. The van der Waals surface area contributed by atoms with Crippen LogP contribution in [0.3, 0.4) is 0 Å². The summed E-state index contributed by atoms with van der Waals surface area (Å²) in [5.74, 6) is 1.09. The molecule has 2 aromatic heterocycles. The Morgan fingerprint density at radius 3 is 2.25 bits per heavy atom. The van der Waals surface area contributed by atoms with Crippen molar-refractivity contribution in [3.63, 3.8) is 0 Å². The van der Waals surface area contributed by atoms with Gasteiger partial charge in [0.2, 0.25) is 0 Å². The van der Waals surface area contributed by atoms with Crippen molar-refractivity contribution in [2.75, 3.05) is 18.5 Å². The number of nitrogens with zero attached hydrogens (tertiary/aromatic N) is 3. The minimum Gasteiger partial charge on any atom is -0.494 e. The maximum Gasteiger partial charge on any atom is 0.261 e. The quantitative estimate of drug-likeness (QED) is 0.250. The molecule has 1 N–H and O–H groups in total. The van der Waals surface area contributed by atoms with E-state index in [1.54, 1.807) is 24.3 Å². The molecule has 2 aromatic carbocycles. The molecule has 1 aliphatic rings. The Balaban J connectivity index is 1.25. The van der Waals surface area contributed by atoms with Crippen LogP contribution in [0.4, 0.5) is 5.82 Å². The predicted octanol–water partition coefficient (Wildman–Crippen LogP) is 5.93. The minimum absolute atomic E-state index is 0.171. The van der Waals surface area contributed by atoms with Crippen LogP contribution in [-0.4, -0.2) is 44.8 Å². The van der Waals surface area contributed by atoms with Crippen LogP contribution in [0.25, 0.3) is 16.9 Å². The number of carbonyl (C=O) groups is 2. The summed E-state index contributed by atoms with van der Waals surface area (Å²) in [6.45, 7) is 6.99. The van der Waals surface area contributed by atoms with Crippen molar-refractivity contribution in [3.8, 4) is 17.0 Å². The van der Waals surface area contributed by atoms with E-state index in [0.29, 0.717) is 41.5 Å². The van der Waals surface area contributed by atoms with Crippen LogP contribution in [0.2, 0.25) is 5.02 Å². The molecule has 0 fully saturated rings. The molecule has 7 nitrogen and oxygen atoms in total. The number of aromatic nitrogens is 2. The first-order valence-electron chi connectivity index (χ1n) is 11.9. The molecule has 0 spiro atoms. The topological polar surface area (TPSA) is 75.9 Å². The van der Waals surface area contributed by atoms with Gasteiger partial charge in [0.05, 0.1) is 22.8 Å². The molecule has 5 rings (SSSR count). The van der Waals surface area contributed by atoms with E-state index < -0.39 is 0 Å². The van der Waals surface area contributed by atoms with E-state index in [0.717, 1.165) is 22.7 Å². The van der Waals surface area contributed by atoms with Gasteiger partial charge in [0.25, 0.3) is 11.8 Å². The summed E-state index contributed by atoms with van der Waals surface area (Å²) in [5, 5.41) is 4.18. The molecule has 1 aliphatic heterocycles. The molecule has 184 valence electrons. The van der Waals surface area contributed by atoms with Crippen LogP contribution in [0.5, 0.6) is 5.75 Å². The molecule has 0 radical (unpaired) electrons. The Bertz CT molecular complexity index is 1420. The highest BCUT2D eigenvalue weighted by Crippen LogP contribution is 2.32. The van der Waals surface area contributed by atoms with Crippen molar-refractivity contribution < 1.29 is 14.3 Å². The zero-order valence-electron chi connectivity index (χ0n) is 20.4. The summed E-state index contributed by atoms with van der Waals surface area (Å²) in [6.07, 6.45) is 2.40. The number of imidazole rings is 1. The van der Waals surface area contributed by atoms with Crippen LogP contribution in [-0.2, 0) is 0 Å². The summed E-state index contributed by atoms with van der Waals surface area (Å²) in [5.41, 5.74) is 3.33. The van der Waals surface area contributed by atoms with Crippen molar-refractivity contribution >= 4 is 34.9 Å². The molecule has 0 unspecified atom stereocenters. The van der Waals surface area contributed by atoms with Gasteiger partial charge in [-0.25, -0.2) is 4.98 Å². The maximum atomic E-state index is 12.5. The van der Waals surface area contributed by atoms with Crippen LogP contribution in [0, 0.1) is 0 Å². The van der Waals surface area contributed by atoms with Crippen LogP contribution in [0.1, 0.15) is 47.9 Å². The van der Waals surface area contributed by atoms with Gasteiger partial charge in [-0.15, -0.1) is 0 Å². The number of carbonyl (C=O) groups excluding carboxylic acids is 2. The number of anilines is 1. The average molecular weight is 503 g/mol. The van der Waals surface area contributed by atoms with Crippen molar-refractivity contribution in [2.24, 2.45) is 0 Å². The first-order chi connectivity index (χ1) is 17.2. The Hall–Kier alpha value is -3.84. The highest BCUT2D eigenvalue weighted by molar-refractivity contribution is 6.30. The van der Waals surface area contributed by atoms with Crippen LogP contribution < -0.4 is 10.1 Å². The van der Waals surface area contributed by atoms with E-state index in [1.807, 2.05) is 47.0 Å². The number of hydrogen-bond donors (Lipinski definition) is 1. The zero-order valence-corrected chi connectivity index (χ0v) is 21.2. The predicted molar refractivity (Wildman–Crippen MR) is 141 cm³/mol. The first kappa shape index (κ1) is 23.9. The molecule has 4 aromatic rings. The standard InChI is InChI=1S/C28H27ClN4O3/c1-28(2,3)31-25-24(30-23-14-11-19(29)17-33(23)25)18-9-12-20(13-10-18)36-16-6-15-32-26(34)21-7-4-5-8-22(21)27(32)35/h4-5,7-14,17,31H,6,15-16H2,1-3H3. The number of imide groups is 1. The number of fused-ring (bicyclic) bond motifs is 2. The molecule has 0 bridgehead atoms. The molecule has 0 saturated heterocycles. The Morgan fingerprint density at radius 2 is 1.61 bits per heavy atom. The van der Waals surface area contributed by atoms with Gasteiger partial charge >= 0.3 is 0 Å². The summed E-state index contributed by atoms with van der Waals surface area (Å²) in [6, 6.07) is 18.4. The molecular weight excluding hydrogens is 476 g/mol. The van der Waals surface area contributed by atoms with Gasteiger partial charge in [-0.3, -0.25) is 18.9 Å². The molecule has 3 heterocycles. The van der Waals surface area contributed by atoms with E-state index in [1.165, 1.54) is 4.90 Å². The Morgan fingerprint density at radius 1 is 0.944 bits per heavy atom. The van der Waals surface area contributed by atoms with Crippen molar-refractivity contribution in [1.29, 1.82) is 0 Å². The lowest BCUT2D eigenvalue weighted by molar-refractivity contribution is 0.0646. The normalized spacial score (nSPS) is 13.4. The van der Waals surface area contributed by atoms with Crippen molar-refractivity contribution in [3.05, 3.63) is 83.0 Å². The number of rotatable bonds is 7. The smallest absolute Gasteiger partial charge is 0.261 e. The number of amides is 2. The maximum absolute atomic E-state index is 12.5. The van der Waals surface area contributed by atoms with Gasteiger partial charge in [-0.1, -0.05) is 23.7 Å². The molecule has 0 saturated carbocycles. The number of ether oxygens (including phenoxy) is 1. The van der Waals surface area contributed by atoms with E-state index in [-0.39, 0.29) is 17.4 Å². The number of halogens is 1. The second kappa shape index (κ2) is 9.32. The lowest BCUT2D eigenvalue weighted by Gasteiger charge is -2.22. The largest absolute Gasteiger partial charge is 0.494 e. The van der Waals surface area contributed by atoms with Crippen molar-refractivity contribution in [1.82, 2.24) is 14.3 Å². The second-order valence-electron chi connectivity index (χ2n) is 9.79. The van der Waals surface area contributed by atoms with Gasteiger partial charge in [-0.2, -0.15) is 0 Å². The van der Waals surface area contributed by atoms with E-state index in [9.17, 15) is 9.59 Å². The van der Waals surface area contributed by atoms with Crippen molar-refractivity contribution in [2.45, 2.75) is 32.7 Å². The summed E-state index contributed by atoms with van der Waals surface area (Å²) in [4.78, 5) is 31.1. The lowest BCUT2D eigenvalue weighted by atomic mass is 10.1. The Labute approximate surface area is 214 Å². The molecule has 0 atom stereocenters. The second-order valence-corrected chi connectivity index (χ2v) is 10.2. The molecule has 2 amide bonds. The van der Waals surface area contributed by atoms with Gasteiger partial charge in [-0.05, 0) is 75.7 Å². The molecule has 36 heavy (non-hydrogen) atoms. The average Bonchev–Trinajstić information content (AvgIpc) is 3.31. The fraction of sp³-hybridized carbons (Fsp3) is 0.250. The van der Waals surface area contributed by atoms with Gasteiger partial charge < -0.3 is 10.1 Å². The number of pyridine rings is 1. The summed E-state index contributed by atoms with van der Waals surface area (Å²) in [7, 11) is 0. The third-order valence-electron chi connectivity index (χ3n) is 5.88. The number of hydrogen-bond acceptors (Lipinski definition) is 5. The first-order valence-corrected chi connectivity index (χ1v) is 12.2. The minimum atomic E-state index is -0.242. The fourth-order valence-electron chi connectivity index (χ4n) is 4.26. The fourth-order valence-corrected chi connectivity index (χ4v) is 4.42. The number of benzene rings is 2. The highest BCUT2D eigenvalue weighted by atomic mass is 35.5. The lowest BCUT2D eigenvalue weighted by Crippen LogP contribution is -2.31. The van der Waals surface area contributed by atoms with Gasteiger partial charge in [0.1, 0.15) is 22.9 Å². The highest BCUT2D eigenvalue weighted by Gasteiger charge is 2.34. The third kappa shape index (κ3) is 4.66. The number of nitrogens with one attached hydrogen (secondary N) is 1. The van der Waals surface area contributed by atoms with E-state index in [4.69, 9.17) is 21.3 Å².